The van der Waals surface area contributed by atoms with Gasteiger partial charge in [0.2, 0.25) is 23.6 Å². The lowest BCUT2D eigenvalue weighted by molar-refractivity contribution is -0.141. The number of hydrogen-bond acceptors (Lipinski definition) is 15. The van der Waals surface area contributed by atoms with Crippen LogP contribution in [-0.4, -0.2) is 210 Å². The highest BCUT2D eigenvalue weighted by Crippen LogP contribution is 2.37. The summed E-state index contributed by atoms with van der Waals surface area (Å²) in [5, 5.41) is 52.6. The van der Waals surface area contributed by atoms with E-state index in [2.05, 4.69) is 31.5 Å². The molecule has 1 aliphatic heterocycles. The Morgan fingerprint density at radius 2 is 1.24 bits per heavy atom. The second-order valence-corrected chi connectivity index (χ2v) is 20.3. The molecule has 0 bridgehead atoms. The highest BCUT2D eigenvalue weighted by Gasteiger charge is 2.41. The van der Waals surface area contributed by atoms with Crippen LogP contribution in [0.2, 0.25) is 0 Å². The topological polar surface area (TPSA) is 274 Å². The van der Waals surface area contributed by atoms with Gasteiger partial charge in [-0.05, 0) is 50.4 Å². The van der Waals surface area contributed by atoms with E-state index in [-0.39, 0.29) is 63.5 Å². The maximum atomic E-state index is 13.0. The zero-order valence-corrected chi connectivity index (χ0v) is 41.2. The normalized spacial score (nSPS) is 17.5. The first-order chi connectivity index (χ1) is 31.2. The number of aliphatic carboxylic acids is 3. The number of rotatable bonds is 28. The molecule has 3 unspecified atom stereocenters. The van der Waals surface area contributed by atoms with Gasteiger partial charge in [0, 0.05) is 99.5 Å². The van der Waals surface area contributed by atoms with Crippen molar-refractivity contribution < 1.29 is 54.0 Å². The zero-order valence-electron chi connectivity index (χ0n) is 39.6. The molecule has 1 fully saturated rings. The molecule has 1 aromatic carbocycles. The number of hydrogen-bond donors (Lipinski definition) is 9. The summed E-state index contributed by atoms with van der Waals surface area (Å²) in [4.78, 5) is 93.6. The van der Waals surface area contributed by atoms with Gasteiger partial charge in [-0.2, -0.15) is 0 Å². The number of nitrogens with one attached hydrogen (secondary N) is 5. The Labute approximate surface area is 397 Å². The molecule has 1 aliphatic rings. The van der Waals surface area contributed by atoms with Crippen LogP contribution in [0.5, 0.6) is 0 Å². The van der Waals surface area contributed by atoms with E-state index in [0.717, 1.165) is 23.5 Å². The SMILES string of the molecule is CCN1CCN(CC(=O)O)CCN(CC(=O)O)CC(Cc2ccc(NCCSSCCNC(=O)CNC(=O)CNC(=O)C(C)(C)CC(C)(CC)C(=O)NCC(C)O)cc2)N(CC(=O)O)CC1. The van der Waals surface area contributed by atoms with E-state index in [4.69, 9.17) is 0 Å². The minimum absolute atomic E-state index is 0.108. The molecule has 2 rings (SSSR count). The van der Waals surface area contributed by atoms with E-state index >= 15 is 0 Å². The number of aliphatic hydroxyl groups excluding tert-OH is 1. The number of benzene rings is 1. The summed E-state index contributed by atoms with van der Waals surface area (Å²) >= 11 is 0. The fraction of sp³-hybridized carbons (Fsp3) is 0.705. The Morgan fingerprint density at radius 1 is 0.697 bits per heavy atom. The van der Waals surface area contributed by atoms with Gasteiger partial charge in [-0.1, -0.05) is 68.3 Å². The molecule has 20 nitrogen and oxygen atoms in total. The number of carboxylic acids is 3. The quantitative estimate of drug-likeness (QED) is 0.0410. The Hall–Kier alpha value is -4.19. The predicted octanol–water partition coefficient (Wildman–Crippen LogP) is 0.565. The Kier molecular flexibility index (Phi) is 26.5. The number of anilines is 1. The first-order valence-corrected chi connectivity index (χ1v) is 25.1. The molecule has 0 saturated carbocycles. The van der Waals surface area contributed by atoms with Gasteiger partial charge in [0.25, 0.3) is 0 Å². The number of likely N-dealkylation sites (N-methyl/N-ethyl adjacent to an activating group) is 1. The molecule has 0 aromatic heterocycles. The number of carbonyl (C=O) groups is 7. The van der Waals surface area contributed by atoms with Crippen molar-refractivity contribution in [2.45, 2.75) is 73.0 Å². The standard InChI is InChI=1S/C44H75N9O11S2/c1-7-44(6,42(64)48-24-32(3)54)31-43(4,5)41(63)49-26-37(56)47-25-36(55)46-14-22-66-65-21-13-45-34-11-9-33(10-12-34)23-35-27-52(29-39(59)60)18-17-51(28-38(57)58)16-15-50(8-2)19-20-53(35)30-40(61)62/h9-12,32,35,45,54H,7-8,13-31H2,1-6H3,(H,46,55)(H,47,56)(H,48,64)(H,49,63)(H,57,58)(H,59,60)(H,61,62). The van der Waals surface area contributed by atoms with Gasteiger partial charge in [-0.3, -0.25) is 48.3 Å². The summed E-state index contributed by atoms with van der Waals surface area (Å²) in [7, 11) is 3.23. The van der Waals surface area contributed by atoms with Crippen LogP contribution in [0, 0.1) is 10.8 Å². The number of carbonyl (C=O) groups excluding carboxylic acids is 4. The van der Waals surface area contributed by atoms with Gasteiger partial charge >= 0.3 is 17.9 Å². The minimum Gasteiger partial charge on any atom is -0.480 e. The number of amides is 4. The predicted molar refractivity (Wildman–Crippen MR) is 257 cm³/mol. The molecule has 66 heavy (non-hydrogen) atoms. The van der Waals surface area contributed by atoms with Crippen molar-refractivity contribution in [1.29, 1.82) is 0 Å². The Morgan fingerprint density at radius 3 is 1.83 bits per heavy atom. The lowest BCUT2D eigenvalue weighted by atomic mass is 9.71. The molecular weight excluding hydrogens is 895 g/mol. The average molecular weight is 970 g/mol. The Balaban J connectivity index is 1.79. The summed E-state index contributed by atoms with van der Waals surface area (Å²) in [6.45, 7) is 14.4. The molecule has 3 atom stereocenters. The van der Waals surface area contributed by atoms with Gasteiger partial charge < -0.3 is 51.9 Å². The van der Waals surface area contributed by atoms with Crippen LogP contribution in [0.1, 0.15) is 59.9 Å². The highest BCUT2D eigenvalue weighted by atomic mass is 33.1. The van der Waals surface area contributed by atoms with Gasteiger partial charge in [-0.25, -0.2) is 0 Å². The summed E-state index contributed by atoms with van der Waals surface area (Å²) in [6.07, 6.45) is 0.480. The van der Waals surface area contributed by atoms with Crippen molar-refractivity contribution in [3.63, 3.8) is 0 Å². The van der Waals surface area contributed by atoms with E-state index in [1.54, 1.807) is 54.2 Å². The van der Waals surface area contributed by atoms with Crippen LogP contribution in [0.25, 0.3) is 0 Å². The molecule has 9 N–H and O–H groups in total. The lowest BCUT2D eigenvalue weighted by Gasteiger charge is -2.37. The number of carboxylic acid groups (broad SMARTS) is 3. The minimum atomic E-state index is -1.01. The number of aliphatic hydroxyl groups is 1. The van der Waals surface area contributed by atoms with E-state index in [0.29, 0.717) is 77.5 Å². The molecule has 0 spiro atoms. The molecule has 0 radical (unpaired) electrons. The van der Waals surface area contributed by atoms with Crippen LogP contribution in [0.3, 0.4) is 0 Å². The third-order valence-electron chi connectivity index (χ3n) is 11.4. The van der Waals surface area contributed by atoms with Crippen LogP contribution in [0.4, 0.5) is 5.69 Å². The van der Waals surface area contributed by atoms with Crippen molar-refractivity contribution in [2.75, 3.05) is 122 Å². The summed E-state index contributed by atoms with van der Waals surface area (Å²) in [5.41, 5.74) is 0.0354. The molecule has 4 amide bonds. The highest BCUT2D eigenvalue weighted by molar-refractivity contribution is 8.76. The second-order valence-electron chi connectivity index (χ2n) is 17.6. The van der Waals surface area contributed by atoms with E-state index in [1.165, 1.54) is 0 Å². The summed E-state index contributed by atoms with van der Waals surface area (Å²) in [6, 6.07) is 7.55. The molecule has 1 heterocycles. The largest absolute Gasteiger partial charge is 0.480 e. The summed E-state index contributed by atoms with van der Waals surface area (Å²) < 4.78 is 0. The summed E-state index contributed by atoms with van der Waals surface area (Å²) in [5.74, 6) is -3.07. The van der Waals surface area contributed by atoms with Gasteiger partial charge in [-0.15, -0.1) is 0 Å². The van der Waals surface area contributed by atoms with E-state index in [9.17, 15) is 54.0 Å². The fourth-order valence-corrected chi connectivity index (χ4v) is 9.33. The molecular formula is C44H75N9O11S2. The monoisotopic (exact) mass is 970 g/mol. The first-order valence-electron chi connectivity index (χ1n) is 22.6. The van der Waals surface area contributed by atoms with Gasteiger partial charge in [0.05, 0.1) is 38.8 Å². The molecule has 22 heteroatoms. The van der Waals surface area contributed by atoms with E-state index in [1.807, 2.05) is 47.9 Å². The lowest BCUT2D eigenvalue weighted by Crippen LogP contribution is -2.53. The van der Waals surface area contributed by atoms with Crippen LogP contribution < -0.4 is 26.6 Å². The molecule has 1 saturated heterocycles. The molecule has 1 aromatic rings. The second kappa shape index (κ2) is 30.2. The van der Waals surface area contributed by atoms with Crippen molar-refractivity contribution in [2.24, 2.45) is 10.8 Å². The van der Waals surface area contributed by atoms with Crippen molar-refractivity contribution in [3.05, 3.63) is 29.8 Å². The smallest absolute Gasteiger partial charge is 0.317 e. The van der Waals surface area contributed by atoms with Crippen molar-refractivity contribution in [3.8, 4) is 0 Å². The van der Waals surface area contributed by atoms with E-state index < -0.39 is 46.7 Å². The van der Waals surface area contributed by atoms with Crippen LogP contribution >= 0.6 is 21.6 Å². The van der Waals surface area contributed by atoms with Gasteiger partial charge in [0.15, 0.2) is 0 Å². The maximum absolute atomic E-state index is 13.0. The molecule has 374 valence electrons. The molecule has 0 aliphatic carbocycles. The third kappa shape index (κ3) is 23.5. The van der Waals surface area contributed by atoms with Crippen LogP contribution in [0.15, 0.2) is 24.3 Å². The third-order valence-corrected chi connectivity index (χ3v) is 13.8. The van der Waals surface area contributed by atoms with Gasteiger partial charge in [0.1, 0.15) is 0 Å². The van der Waals surface area contributed by atoms with Crippen LogP contribution in [-0.2, 0) is 40.0 Å². The average Bonchev–Trinajstić information content (AvgIpc) is 3.25. The fourth-order valence-electron chi connectivity index (χ4n) is 7.52. The van der Waals surface area contributed by atoms with Crippen molar-refractivity contribution in [1.82, 2.24) is 40.9 Å². The number of nitrogens with zero attached hydrogens (tertiary/aromatic N) is 4. The first kappa shape index (κ1) is 57.9. The van der Waals surface area contributed by atoms with Crippen molar-refractivity contribution >= 4 is 68.8 Å². The zero-order chi connectivity index (χ0) is 49.3. The Bertz CT molecular complexity index is 1710. The maximum Gasteiger partial charge on any atom is 0.317 e.